The lowest BCUT2D eigenvalue weighted by atomic mass is 9.91. The number of nitrogens with zero attached hydrogens (tertiary/aromatic N) is 2. The maximum Gasteiger partial charge on any atom is 0.253 e. The third-order valence-corrected chi connectivity index (χ3v) is 6.37. The van der Waals surface area contributed by atoms with Crippen LogP contribution in [0, 0.1) is 11.3 Å². The minimum Gasteiger partial charge on any atom is -0.339 e. The maximum atomic E-state index is 12.3. The smallest absolute Gasteiger partial charge is 0.253 e. The number of hydrogen-bond acceptors (Lipinski definition) is 2. The highest BCUT2D eigenvalue weighted by atomic mass is 16.2. The molecule has 1 aromatic rings. The fourth-order valence-corrected chi connectivity index (χ4v) is 4.03. The molecule has 3 heteroatoms. The van der Waals surface area contributed by atoms with E-state index >= 15 is 0 Å². The Labute approximate surface area is 185 Å². The van der Waals surface area contributed by atoms with Gasteiger partial charge in [-0.2, -0.15) is 0 Å². The first kappa shape index (κ1) is 24.7. The van der Waals surface area contributed by atoms with Crippen LogP contribution in [0.25, 0.3) is 0 Å². The number of carbonyl (C=O) groups is 1. The zero-order valence-corrected chi connectivity index (χ0v) is 20.0. The summed E-state index contributed by atoms with van der Waals surface area (Å²) in [5.41, 5.74) is 2.53. The number of piperidine rings is 1. The van der Waals surface area contributed by atoms with Crippen LogP contribution >= 0.6 is 0 Å². The summed E-state index contributed by atoms with van der Waals surface area (Å²) in [5.74, 6) is 1.16. The molecule has 2 aliphatic heterocycles. The van der Waals surface area contributed by atoms with Crippen LogP contribution in [-0.4, -0.2) is 48.9 Å². The molecule has 1 aromatic carbocycles. The Morgan fingerprint density at radius 1 is 1.03 bits per heavy atom. The highest BCUT2D eigenvalue weighted by Crippen LogP contribution is 2.22. The number of amides is 1. The van der Waals surface area contributed by atoms with E-state index in [1.54, 1.807) is 0 Å². The van der Waals surface area contributed by atoms with Crippen LogP contribution in [0.2, 0.25) is 0 Å². The van der Waals surface area contributed by atoms with Gasteiger partial charge in [0.25, 0.3) is 5.91 Å². The van der Waals surface area contributed by atoms with Crippen molar-refractivity contribution in [3.05, 3.63) is 48.0 Å². The van der Waals surface area contributed by atoms with Crippen molar-refractivity contribution in [2.24, 2.45) is 11.3 Å². The van der Waals surface area contributed by atoms with Crippen LogP contribution in [0.4, 0.5) is 0 Å². The SMILES string of the molecule is C=CC(C)(C)C.CN1CCC(CCCCc2ccc(C(=O)N3CCCC3)cc2)CC1. The quantitative estimate of drug-likeness (QED) is 0.410. The number of aryl methyl sites for hydroxylation is 1. The Hall–Kier alpha value is -1.61. The Balaban J connectivity index is 0.000000469. The van der Waals surface area contributed by atoms with Crippen molar-refractivity contribution >= 4 is 5.91 Å². The Morgan fingerprint density at radius 2 is 1.60 bits per heavy atom. The standard InChI is InChI=1S/C21H32N2O.C6H12/c1-22-16-12-19(13-17-22)7-3-2-6-18-8-10-20(11-9-18)21(24)23-14-4-5-15-23;1-5-6(2,3)4/h8-11,19H,2-7,12-17H2,1H3;5H,1H2,2-4H3. The highest BCUT2D eigenvalue weighted by molar-refractivity contribution is 5.94. The van der Waals surface area contributed by atoms with Crippen molar-refractivity contribution in [2.75, 3.05) is 33.2 Å². The van der Waals surface area contributed by atoms with E-state index in [0.717, 1.165) is 43.8 Å². The lowest BCUT2D eigenvalue weighted by molar-refractivity contribution is 0.0793. The van der Waals surface area contributed by atoms with Crippen LogP contribution in [0.15, 0.2) is 36.9 Å². The van der Waals surface area contributed by atoms with E-state index in [-0.39, 0.29) is 5.91 Å². The predicted octanol–water partition coefficient (Wildman–Crippen LogP) is 6.20. The van der Waals surface area contributed by atoms with E-state index in [9.17, 15) is 4.79 Å². The van der Waals surface area contributed by atoms with E-state index in [0.29, 0.717) is 5.41 Å². The summed E-state index contributed by atoms with van der Waals surface area (Å²) in [6, 6.07) is 8.34. The molecular formula is C27H44N2O. The number of carbonyl (C=O) groups excluding carboxylic acids is 1. The van der Waals surface area contributed by atoms with E-state index < -0.39 is 0 Å². The number of unbranched alkanes of at least 4 members (excludes halogenated alkanes) is 1. The summed E-state index contributed by atoms with van der Waals surface area (Å²) in [6.07, 6.45) is 12.1. The number of allylic oxidation sites excluding steroid dienone is 1. The molecule has 0 bridgehead atoms. The molecule has 2 fully saturated rings. The predicted molar refractivity (Wildman–Crippen MR) is 129 cm³/mol. The molecule has 0 N–H and O–H groups in total. The summed E-state index contributed by atoms with van der Waals surface area (Å²) in [5, 5.41) is 0. The topological polar surface area (TPSA) is 23.6 Å². The lowest BCUT2D eigenvalue weighted by Gasteiger charge is -2.28. The lowest BCUT2D eigenvalue weighted by Crippen LogP contribution is -2.30. The van der Waals surface area contributed by atoms with Gasteiger partial charge < -0.3 is 9.80 Å². The minimum absolute atomic E-state index is 0.210. The molecule has 3 nitrogen and oxygen atoms in total. The van der Waals surface area contributed by atoms with Gasteiger partial charge in [0.15, 0.2) is 0 Å². The van der Waals surface area contributed by atoms with Gasteiger partial charge in [-0.25, -0.2) is 0 Å². The number of benzene rings is 1. The largest absolute Gasteiger partial charge is 0.339 e. The molecule has 2 saturated heterocycles. The van der Waals surface area contributed by atoms with Gasteiger partial charge in [0.2, 0.25) is 0 Å². The number of likely N-dealkylation sites (tertiary alicyclic amines) is 2. The Morgan fingerprint density at radius 3 is 2.13 bits per heavy atom. The minimum atomic E-state index is 0.210. The van der Waals surface area contributed by atoms with Gasteiger partial charge in [0, 0.05) is 18.7 Å². The first-order chi connectivity index (χ1) is 14.3. The number of rotatable bonds is 6. The maximum absolute atomic E-state index is 12.3. The van der Waals surface area contributed by atoms with Crippen molar-refractivity contribution in [1.29, 1.82) is 0 Å². The van der Waals surface area contributed by atoms with Gasteiger partial charge >= 0.3 is 0 Å². The molecule has 0 spiro atoms. The normalized spacial score (nSPS) is 18.1. The molecule has 0 radical (unpaired) electrons. The Kier molecular flexibility index (Phi) is 10.1. The van der Waals surface area contributed by atoms with Gasteiger partial charge in [-0.3, -0.25) is 4.79 Å². The van der Waals surface area contributed by atoms with E-state index in [2.05, 4.69) is 51.4 Å². The van der Waals surface area contributed by atoms with Gasteiger partial charge in [0.1, 0.15) is 0 Å². The first-order valence-corrected chi connectivity index (χ1v) is 12.0. The second kappa shape index (κ2) is 12.3. The first-order valence-electron chi connectivity index (χ1n) is 12.0. The molecule has 0 atom stereocenters. The molecule has 0 aliphatic carbocycles. The zero-order chi connectivity index (χ0) is 22.0. The average molecular weight is 413 g/mol. The van der Waals surface area contributed by atoms with Crippen molar-refractivity contribution in [3.8, 4) is 0 Å². The average Bonchev–Trinajstić information content (AvgIpc) is 3.27. The monoisotopic (exact) mass is 412 g/mol. The van der Waals surface area contributed by atoms with Crippen LogP contribution in [0.5, 0.6) is 0 Å². The van der Waals surface area contributed by atoms with Gasteiger partial charge in [-0.05, 0) is 87.7 Å². The van der Waals surface area contributed by atoms with Crippen molar-refractivity contribution in [3.63, 3.8) is 0 Å². The molecule has 1 amide bonds. The molecule has 30 heavy (non-hydrogen) atoms. The molecule has 0 saturated carbocycles. The summed E-state index contributed by atoms with van der Waals surface area (Å²) in [6.45, 7) is 14.4. The van der Waals surface area contributed by atoms with Crippen molar-refractivity contribution in [1.82, 2.24) is 9.80 Å². The van der Waals surface area contributed by atoms with E-state index in [1.165, 1.54) is 50.8 Å². The second-order valence-electron chi connectivity index (χ2n) is 10.3. The van der Waals surface area contributed by atoms with Crippen LogP contribution < -0.4 is 0 Å². The van der Waals surface area contributed by atoms with Crippen molar-refractivity contribution in [2.45, 2.75) is 72.1 Å². The zero-order valence-electron chi connectivity index (χ0n) is 20.0. The third kappa shape index (κ3) is 9.04. The highest BCUT2D eigenvalue weighted by Gasteiger charge is 2.19. The van der Waals surface area contributed by atoms with Gasteiger partial charge in [0.05, 0.1) is 0 Å². The van der Waals surface area contributed by atoms with Gasteiger partial charge in [-0.1, -0.05) is 51.8 Å². The molecule has 0 unspecified atom stereocenters. The van der Waals surface area contributed by atoms with Crippen LogP contribution in [0.1, 0.15) is 81.6 Å². The van der Waals surface area contributed by atoms with Crippen LogP contribution in [-0.2, 0) is 6.42 Å². The van der Waals surface area contributed by atoms with E-state index in [4.69, 9.17) is 0 Å². The molecule has 2 aliphatic rings. The summed E-state index contributed by atoms with van der Waals surface area (Å²) < 4.78 is 0. The van der Waals surface area contributed by atoms with Crippen LogP contribution in [0.3, 0.4) is 0 Å². The fraction of sp³-hybridized carbons (Fsp3) is 0.667. The fourth-order valence-electron chi connectivity index (χ4n) is 4.03. The molecule has 168 valence electrons. The molecular weight excluding hydrogens is 368 g/mol. The van der Waals surface area contributed by atoms with Crippen molar-refractivity contribution < 1.29 is 4.79 Å². The Bertz CT molecular complexity index is 630. The van der Waals surface area contributed by atoms with E-state index in [1.807, 2.05) is 23.1 Å². The molecule has 0 aromatic heterocycles. The summed E-state index contributed by atoms with van der Waals surface area (Å²) >= 11 is 0. The summed E-state index contributed by atoms with van der Waals surface area (Å²) in [7, 11) is 2.23. The molecule has 3 rings (SSSR count). The summed E-state index contributed by atoms with van der Waals surface area (Å²) in [4.78, 5) is 16.8. The third-order valence-electron chi connectivity index (χ3n) is 6.37. The van der Waals surface area contributed by atoms with Gasteiger partial charge in [-0.15, -0.1) is 6.58 Å². The second-order valence-corrected chi connectivity index (χ2v) is 10.3. The molecule has 2 heterocycles. The number of hydrogen-bond donors (Lipinski definition) is 0.